The Labute approximate surface area is 119 Å². The second kappa shape index (κ2) is 5.80. The summed E-state index contributed by atoms with van der Waals surface area (Å²) >= 11 is 0. The SMILES string of the molecule is COc1ccc(S(=O)(=O)N(CC(=O)O)C(C)(C)C)cc1. The van der Waals surface area contributed by atoms with E-state index in [1.165, 1.54) is 31.4 Å². The van der Waals surface area contributed by atoms with Crippen LogP contribution in [0.1, 0.15) is 20.8 Å². The molecular weight excluding hydrogens is 282 g/mol. The highest BCUT2D eigenvalue weighted by Gasteiger charge is 2.35. The van der Waals surface area contributed by atoms with E-state index in [-0.39, 0.29) is 4.90 Å². The van der Waals surface area contributed by atoms with E-state index in [1.54, 1.807) is 20.8 Å². The lowest BCUT2D eigenvalue weighted by molar-refractivity contribution is -0.138. The van der Waals surface area contributed by atoms with Crippen molar-refractivity contribution in [1.82, 2.24) is 4.31 Å². The predicted octanol–water partition coefficient (Wildman–Crippen LogP) is 1.57. The molecule has 1 rings (SSSR count). The number of benzene rings is 1. The first-order valence-electron chi connectivity index (χ1n) is 5.97. The Bertz CT molecular complexity index is 572. The Kier molecular flexibility index (Phi) is 4.77. The number of methoxy groups -OCH3 is 1. The molecule has 20 heavy (non-hydrogen) atoms. The highest BCUT2D eigenvalue weighted by atomic mass is 32.2. The minimum absolute atomic E-state index is 0.0366. The molecule has 1 aromatic rings. The summed E-state index contributed by atoms with van der Waals surface area (Å²) in [5.74, 6) is -0.665. The lowest BCUT2D eigenvalue weighted by Gasteiger charge is -2.33. The zero-order valence-electron chi connectivity index (χ0n) is 12.0. The first kappa shape index (κ1) is 16.5. The molecule has 0 spiro atoms. The molecule has 0 aromatic heterocycles. The van der Waals surface area contributed by atoms with Crippen LogP contribution in [-0.4, -0.2) is 43.0 Å². The van der Waals surface area contributed by atoms with E-state index in [2.05, 4.69) is 0 Å². The van der Waals surface area contributed by atoms with Crippen molar-refractivity contribution >= 4 is 16.0 Å². The van der Waals surface area contributed by atoms with Crippen LogP contribution in [0.15, 0.2) is 29.2 Å². The van der Waals surface area contributed by atoms with E-state index in [0.717, 1.165) is 4.31 Å². The maximum atomic E-state index is 12.5. The van der Waals surface area contributed by atoms with E-state index in [1.807, 2.05) is 0 Å². The fourth-order valence-corrected chi connectivity index (χ4v) is 3.42. The van der Waals surface area contributed by atoms with E-state index in [0.29, 0.717) is 5.75 Å². The van der Waals surface area contributed by atoms with Crippen LogP contribution in [0.5, 0.6) is 5.75 Å². The predicted molar refractivity (Wildman–Crippen MR) is 74.3 cm³/mol. The molecule has 0 amide bonds. The van der Waals surface area contributed by atoms with Crippen molar-refractivity contribution in [2.45, 2.75) is 31.2 Å². The standard InChI is InChI=1S/C13H19NO5S/c1-13(2,3)14(9-12(15)16)20(17,18)11-7-5-10(19-4)6-8-11/h5-8H,9H2,1-4H3,(H,15,16). The van der Waals surface area contributed by atoms with Crippen molar-refractivity contribution in [3.05, 3.63) is 24.3 Å². The van der Waals surface area contributed by atoms with Gasteiger partial charge in [0.25, 0.3) is 0 Å². The van der Waals surface area contributed by atoms with Crippen LogP contribution in [0.4, 0.5) is 0 Å². The zero-order chi connectivity index (χ0) is 15.6. The molecule has 0 heterocycles. The van der Waals surface area contributed by atoms with E-state index >= 15 is 0 Å². The summed E-state index contributed by atoms with van der Waals surface area (Å²) in [5.41, 5.74) is -0.836. The van der Waals surface area contributed by atoms with Crippen molar-refractivity contribution in [3.63, 3.8) is 0 Å². The van der Waals surface area contributed by atoms with Gasteiger partial charge >= 0.3 is 5.97 Å². The van der Waals surface area contributed by atoms with Crippen molar-refractivity contribution < 1.29 is 23.1 Å². The Morgan fingerprint density at radius 2 is 1.75 bits per heavy atom. The molecule has 0 radical (unpaired) electrons. The fourth-order valence-electron chi connectivity index (χ4n) is 1.68. The molecule has 0 aliphatic rings. The molecule has 0 aliphatic carbocycles. The number of ether oxygens (including phenoxy) is 1. The van der Waals surface area contributed by atoms with Gasteiger partial charge in [0.2, 0.25) is 10.0 Å². The second-order valence-corrected chi connectivity index (χ2v) is 7.11. The number of carboxylic acid groups (broad SMARTS) is 1. The zero-order valence-corrected chi connectivity index (χ0v) is 12.8. The first-order chi connectivity index (χ1) is 9.09. The van der Waals surface area contributed by atoms with Gasteiger partial charge in [-0.3, -0.25) is 4.79 Å². The van der Waals surface area contributed by atoms with Gasteiger partial charge < -0.3 is 9.84 Å². The van der Waals surface area contributed by atoms with Gasteiger partial charge in [-0.1, -0.05) is 0 Å². The van der Waals surface area contributed by atoms with E-state index in [4.69, 9.17) is 9.84 Å². The van der Waals surface area contributed by atoms with Crippen LogP contribution in [0, 0.1) is 0 Å². The molecule has 1 aromatic carbocycles. The van der Waals surface area contributed by atoms with Crippen LogP contribution >= 0.6 is 0 Å². The summed E-state index contributed by atoms with van der Waals surface area (Å²) in [6.07, 6.45) is 0. The van der Waals surface area contributed by atoms with Gasteiger partial charge in [-0.05, 0) is 45.0 Å². The third-order valence-electron chi connectivity index (χ3n) is 2.67. The highest BCUT2D eigenvalue weighted by molar-refractivity contribution is 7.89. The Morgan fingerprint density at radius 3 is 2.10 bits per heavy atom. The molecule has 0 unspecified atom stereocenters. The van der Waals surface area contributed by atoms with Crippen LogP contribution in [0.2, 0.25) is 0 Å². The molecule has 0 bridgehead atoms. The molecule has 0 atom stereocenters. The van der Waals surface area contributed by atoms with Gasteiger partial charge in [0.05, 0.1) is 12.0 Å². The van der Waals surface area contributed by atoms with Gasteiger partial charge in [0, 0.05) is 5.54 Å². The lowest BCUT2D eigenvalue weighted by Crippen LogP contribution is -2.48. The van der Waals surface area contributed by atoms with E-state index < -0.39 is 28.1 Å². The van der Waals surface area contributed by atoms with E-state index in [9.17, 15) is 13.2 Å². The number of hydrogen-bond acceptors (Lipinski definition) is 4. The van der Waals surface area contributed by atoms with Gasteiger partial charge in [-0.2, -0.15) is 4.31 Å². The molecule has 0 saturated heterocycles. The van der Waals surface area contributed by atoms with Crippen LogP contribution in [-0.2, 0) is 14.8 Å². The van der Waals surface area contributed by atoms with Gasteiger partial charge in [0.1, 0.15) is 12.3 Å². The minimum Gasteiger partial charge on any atom is -0.497 e. The Morgan fingerprint density at radius 1 is 1.25 bits per heavy atom. The van der Waals surface area contributed by atoms with Crippen LogP contribution in [0.25, 0.3) is 0 Å². The minimum atomic E-state index is -3.88. The maximum Gasteiger partial charge on any atom is 0.318 e. The smallest absolute Gasteiger partial charge is 0.318 e. The third-order valence-corrected chi connectivity index (χ3v) is 4.80. The van der Waals surface area contributed by atoms with Crippen molar-refractivity contribution in [2.24, 2.45) is 0 Å². The number of carboxylic acids is 1. The number of hydrogen-bond donors (Lipinski definition) is 1. The van der Waals surface area contributed by atoms with Crippen molar-refractivity contribution in [3.8, 4) is 5.75 Å². The molecule has 0 saturated carbocycles. The Balaban J connectivity index is 3.25. The van der Waals surface area contributed by atoms with Gasteiger partial charge in [0.15, 0.2) is 0 Å². The molecule has 6 nitrogen and oxygen atoms in total. The van der Waals surface area contributed by atoms with Crippen LogP contribution in [0.3, 0.4) is 0 Å². The molecule has 0 aliphatic heterocycles. The Hall–Kier alpha value is -1.60. The molecule has 1 N–H and O–H groups in total. The molecular formula is C13H19NO5S. The largest absolute Gasteiger partial charge is 0.497 e. The highest BCUT2D eigenvalue weighted by Crippen LogP contribution is 2.25. The average Bonchev–Trinajstić information content (AvgIpc) is 2.34. The normalized spacial score (nSPS) is 12.4. The van der Waals surface area contributed by atoms with Crippen molar-refractivity contribution in [2.75, 3.05) is 13.7 Å². The topological polar surface area (TPSA) is 83.9 Å². The summed E-state index contributed by atoms with van der Waals surface area (Å²) in [5, 5.41) is 8.91. The van der Waals surface area contributed by atoms with Gasteiger partial charge in [-0.25, -0.2) is 8.42 Å². The van der Waals surface area contributed by atoms with Gasteiger partial charge in [-0.15, -0.1) is 0 Å². The number of nitrogens with zero attached hydrogens (tertiary/aromatic N) is 1. The third kappa shape index (κ3) is 3.71. The quantitative estimate of drug-likeness (QED) is 0.892. The second-order valence-electron chi connectivity index (χ2n) is 5.25. The summed E-state index contributed by atoms with van der Waals surface area (Å²) < 4.78 is 31.0. The summed E-state index contributed by atoms with van der Waals surface area (Å²) in [6, 6.07) is 5.84. The first-order valence-corrected chi connectivity index (χ1v) is 7.41. The maximum absolute atomic E-state index is 12.5. The lowest BCUT2D eigenvalue weighted by atomic mass is 10.1. The number of carbonyl (C=O) groups is 1. The summed E-state index contributed by atoms with van der Waals surface area (Å²) in [4.78, 5) is 10.9. The summed E-state index contributed by atoms with van der Waals surface area (Å²) in [7, 11) is -2.40. The molecule has 0 fully saturated rings. The fraction of sp³-hybridized carbons (Fsp3) is 0.462. The summed E-state index contributed by atoms with van der Waals surface area (Å²) in [6.45, 7) is 4.36. The molecule has 7 heteroatoms. The van der Waals surface area contributed by atoms with Crippen molar-refractivity contribution in [1.29, 1.82) is 0 Å². The molecule has 112 valence electrons. The average molecular weight is 301 g/mol. The number of aliphatic carboxylic acids is 1. The number of sulfonamides is 1. The monoisotopic (exact) mass is 301 g/mol. The number of rotatable bonds is 5. The van der Waals surface area contributed by atoms with Crippen LogP contribution < -0.4 is 4.74 Å².